The Balaban J connectivity index is 1.57. The van der Waals surface area contributed by atoms with E-state index >= 15 is 0 Å². The minimum Gasteiger partial charge on any atom is -0.496 e. The van der Waals surface area contributed by atoms with Crippen LogP contribution >= 0.6 is 0 Å². The van der Waals surface area contributed by atoms with E-state index in [4.69, 9.17) is 9.84 Å². The van der Waals surface area contributed by atoms with E-state index in [0.717, 1.165) is 43.9 Å². The van der Waals surface area contributed by atoms with Crippen LogP contribution in [-0.2, 0) is 4.79 Å². The van der Waals surface area contributed by atoms with E-state index < -0.39 is 0 Å². The van der Waals surface area contributed by atoms with Gasteiger partial charge in [0.15, 0.2) is 0 Å². The van der Waals surface area contributed by atoms with Crippen LogP contribution in [0.5, 0.6) is 5.75 Å². The highest BCUT2D eigenvalue weighted by Crippen LogP contribution is 2.51. The van der Waals surface area contributed by atoms with Crippen LogP contribution in [0, 0.1) is 5.92 Å². The number of benzene rings is 1. The molecule has 0 radical (unpaired) electrons. The molecule has 1 saturated heterocycles. The number of piperazine rings is 1. The molecule has 120 valence electrons. The summed E-state index contributed by atoms with van der Waals surface area (Å²) in [6.45, 7) is 4.15. The molecule has 2 aliphatic rings. The molecule has 0 bridgehead atoms. The smallest absolute Gasteiger partial charge is 0.226 e. The van der Waals surface area contributed by atoms with Gasteiger partial charge >= 0.3 is 0 Å². The van der Waals surface area contributed by atoms with E-state index in [0.29, 0.717) is 12.5 Å². The van der Waals surface area contributed by atoms with Crippen LogP contribution in [0.4, 0.5) is 0 Å². The van der Waals surface area contributed by atoms with E-state index in [2.05, 4.69) is 11.0 Å². The first-order valence-corrected chi connectivity index (χ1v) is 7.99. The van der Waals surface area contributed by atoms with Crippen LogP contribution in [0.15, 0.2) is 24.3 Å². The number of aliphatic hydroxyl groups is 1. The molecule has 3 rings (SSSR count). The SMILES string of the molecule is COc1ccccc1C1CC1C(=O)N1CCN(CCO)CC1. The standard InChI is InChI=1S/C17H24N2O3/c1-22-16-5-3-2-4-13(16)14-12-15(14)17(21)19-8-6-18(7-9-19)10-11-20/h2-5,14-15,20H,6-12H2,1H3. The molecule has 0 aromatic heterocycles. The van der Waals surface area contributed by atoms with Gasteiger partial charge in [0.25, 0.3) is 0 Å². The molecule has 1 aliphatic heterocycles. The number of rotatable bonds is 5. The lowest BCUT2D eigenvalue weighted by molar-refractivity contribution is -0.134. The number of β-amino-alcohol motifs (C(OH)–C–C–N with tert-alkyl or cyclic N) is 1. The van der Waals surface area contributed by atoms with Crippen LogP contribution in [0.25, 0.3) is 0 Å². The summed E-state index contributed by atoms with van der Waals surface area (Å²) >= 11 is 0. The van der Waals surface area contributed by atoms with Gasteiger partial charge in [-0.05, 0) is 24.0 Å². The van der Waals surface area contributed by atoms with E-state index in [1.54, 1.807) is 7.11 Å². The molecule has 22 heavy (non-hydrogen) atoms. The van der Waals surface area contributed by atoms with E-state index in [9.17, 15) is 4.79 Å². The van der Waals surface area contributed by atoms with Crippen molar-refractivity contribution in [1.82, 2.24) is 9.80 Å². The van der Waals surface area contributed by atoms with Crippen molar-refractivity contribution < 1.29 is 14.6 Å². The first kappa shape index (κ1) is 15.3. The Kier molecular flexibility index (Phi) is 4.64. The van der Waals surface area contributed by atoms with E-state index in [1.165, 1.54) is 0 Å². The quantitative estimate of drug-likeness (QED) is 0.879. The average Bonchev–Trinajstić information content (AvgIpc) is 3.35. The molecule has 5 heteroatoms. The molecule has 2 atom stereocenters. The average molecular weight is 304 g/mol. The fraction of sp³-hybridized carbons (Fsp3) is 0.588. The Labute approximate surface area is 131 Å². The van der Waals surface area contributed by atoms with Crippen molar-refractivity contribution in [2.24, 2.45) is 5.92 Å². The summed E-state index contributed by atoms with van der Waals surface area (Å²) in [4.78, 5) is 16.8. The largest absolute Gasteiger partial charge is 0.496 e. The van der Waals surface area contributed by atoms with Crippen molar-refractivity contribution in [3.05, 3.63) is 29.8 Å². The molecule has 0 spiro atoms. The molecule has 1 aliphatic carbocycles. The van der Waals surface area contributed by atoms with E-state index in [-0.39, 0.29) is 18.4 Å². The molecule has 1 amide bonds. The maximum absolute atomic E-state index is 12.6. The molecular formula is C17H24N2O3. The summed E-state index contributed by atoms with van der Waals surface area (Å²) in [7, 11) is 1.68. The number of carbonyl (C=O) groups excluding carboxylic acids is 1. The Morgan fingerprint density at radius 1 is 1.27 bits per heavy atom. The number of hydrogen-bond donors (Lipinski definition) is 1. The third-order valence-electron chi connectivity index (χ3n) is 4.75. The molecular weight excluding hydrogens is 280 g/mol. The Morgan fingerprint density at radius 2 is 2.00 bits per heavy atom. The summed E-state index contributed by atoms with van der Waals surface area (Å²) in [5.41, 5.74) is 1.15. The lowest BCUT2D eigenvalue weighted by Gasteiger charge is -2.34. The van der Waals surface area contributed by atoms with Gasteiger partial charge in [-0.25, -0.2) is 0 Å². The Morgan fingerprint density at radius 3 is 2.68 bits per heavy atom. The van der Waals surface area contributed by atoms with Crippen molar-refractivity contribution in [3.8, 4) is 5.75 Å². The maximum Gasteiger partial charge on any atom is 0.226 e. The zero-order valence-electron chi connectivity index (χ0n) is 13.1. The molecule has 2 unspecified atom stereocenters. The lowest BCUT2D eigenvalue weighted by Crippen LogP contribution is -2.49. The van der Waals surface area contributed by atoms with Crippen molar-refractivity contribution in [2.45, 2.75) is 12.3 Å². The predicted molar refractivity (Wildman–Crippen MR) is 83.9 cm³/mol. The van der Waals surface area contributed by atoms with Crippen molar-refractivity contribution in [3.63, 3.8) is 0 Å². The molecule has 2 fully saturated rings. The maximum atomic E-state index is 12.6. The molecule has 1 aromatic rings. The second kappa shape index (κ2) is 6.67. The zero-order chi connectivity index (χ0) is 15.5. The van der Waals surface area contributed by atoms with Gasteiger partial charge in [-0.2, -0.15) is 0 Å². The van der Waals surface area contributed by atoms with Gasteiger partial charge in [0.1, 0.15) is 5.75 Å². The van der Waals surface area contributed by atoms with Gasteiger partial charge in [-0.15, -0.1) is 0 Å². The Hall–Kier alpha value is -1.59. The van der Waals surface area contributed by atoms with Crippen molar-refractivity contribution >= 4 is 5.91 Å². The summed E-state index contributed by atoms with van der Waals surface area (Å²) < 4.78 is 5.41. The molecule has 1 saturated carbocycles. The minimum absolute atomic E-state index is 0.112. The monoisotopic (exact) mass is 304 g/mol. The topological polar surface area (TPSA) is 53.0 Å². The van der Waals surface area contributed by atoms with Crippen molar-refractivity contribution in [1.29, 1.82) is 0 Å². The number of aliphatic hydroxyl groups excluding tert-OH is 1. The number of ether oxygens (including phenoxy) is 1. The van der Waals surface area contributed by atoms with Crippen LogP contribution in [0.2, 0.25) is 0 Å². The number of amides is 1. The highest BCUT2D eigenvalue weighted by Gasteiger charge is 2.47. The minimum atomic E-state index is 0.112. The van der Waals surface area contributed by atoms with Crippen LogP contribution < -0.4 is 4.74 Å². The fourth-order valence-corrected chi connectivity index (χ4v) is 3.35. The number of carbonyl (C=O) groups is 1. The highest BCUT2D eigenvalue weighted by molar-refractivity contribution is 5.83. The number of nitrogens with zero attached hydrogens (tertiary/aromatic N) is 2. The number of para-hydroxylation sites is 1. The molecule has 1 aromatic carbocycles. The van der Waals surface area contributed by atoms with Crippen LogP contribution in [0.3, 0.4) is 0 Å². The van der Waals surface area contributed by atoms with Gasteiger partial charge in [0, 0.05) is 38.6 Å². The first-order valence-electron chi connectivity index (χ1n) is 7.99. The second-order valence-electron chi connectivity index (χ2n) is 6.08. The van der Waals surface area contributed by atoms with Crippen LogP contribution in [0.1, 0.15) is 17.9 Å². The zero-order valence-corrected chi connectivity index (χ0v) is 13.1. The summed E-state index contributed by atoms with van der Waals surface area (Å²) in [5.74, 6) is 1.58. The van der Waals surface area contributed by atoms with Gasteiger partial charge in [0.05, 0.1) is 13.7 Å². The predicted octanol–water partition coefficient (Wildman–Crippen LogP) is 0.935. The highest BCUT2D eigenvalue weighted by atomic mass is 16.5. The summed E-state index contributed by atoms with van der Waals surface area (Å²) in [6, 6.07) is 7.99. The summed E-state index contributed by atoms with van der Waals surface area (Å²) in [5, 5.41) is 8.97. The molecule has 1 N–H and O–H groups in total. The third-order valence-corrected chi connectivity index (χ3v) is 4.75. The Bertz CT molecular complexity index is 526. The number of methoxy groups -OCH3 is 1. The third kappa shape index (κ3) is 3.10. The second-order valence-corrected chi connectivity index (χ2v) is 6.08. The van der Waals surface area contributed by atoms with Gasteiger partial charge in [-0.3, -0.25) is 9.69 Å². The fourth-order valence-electron chi connectivity index (χ4n) is 3.35. The number of hydrogen-bond acceptors (Lipinski definition) is 4. The normalized spacial score (nSPS) is 25.1. The molecule has 1 heterocycles. The van der Waals surface area contributed by atoms with Gasteiger partial charge in [0.2, 0.25) is 5.91 Å². The first-order chi connectivity index (χ1) is 10.7. The van der Waals surface area contributed by atoms with E-state index in [1.807, 2.05) is 23.1 Å². The van der Waals surface area contributed by atoms with Gasteiger partial charge < -0.3 is 14.7 Å². The summed E-state index contributed by atoms with van der Waals surface area (Å²) in [6.07, 6.45) is 0.927. The van der Waals surface area contributed by atoms with Crippen molar-refractivity contribution in [2.75, 3.05) is 46.4 Å². The lowest BCUT2D eigenvalue weighted by atomic mass is 10.1. The van der Waals surface area contributed by atoms with Crippen LogP contribution in [-0.4, -0.2) is 67.3 Å². The van der Waals surface area contributed by atoms with Gasteiger partial charge in [-0.1, -0.05) is 18.2 Å². The molecule has 5 nitrogen and oxygen atoms in total.